The van der Waals surface area contributed by atoms with E-state index in [1.165, 1.54) is 5.56 Å². The number of nitrogens with two attached hydrogens (primary N) is 2. The zero-order chi connectivity index (χ0) is 18.7. The van der Waals surface area contributed by atoms with Crippen molar-refractivity contribution in [1.82, 2.24) is 0 Å². The highest BCUT2D eigenvalue weighted by Gasteiger charge is 2.62. The molecule has 1 aromatic carbocycles. The van der Waals surface area contributed by atoms with Gasteiger partial charge in [-0.15, -0.1) is 0 Å². The summed E-state index contributed by atoms with van der Waals surface area (Å²) in [7, 11) is 0. The Kier molecular flexibility index (Phi) is 5.59. The Hall–Kier alpha value is -2.58. The van der Waals surface area contributed by atoms with Crippen LogP contribution in [0.15, 0.2) is 30.3 Å². The van der Waals surface area contributed by atoms with Gasteiger partial charge in [-0.3, -0.25) is 16.3 Å². The Morgan fingerprint density at radius 3 is 2.00 bits per heavy atom. The number of carboxylic acid groups (broad SMARTS) is 1. The molecule has 1 aliphatic rings. The molecular formula is C15H18F3N3O3. The minimum atomic E-state index is -5.19. The number of carbonyl (C=O) groups is 2. The maximum Gasteiger partial charge on any atom is 0.430 e. The van der Waals surface area contributed by atoms with Crippen molar-refractivity contribution in [3.63, 3.8) is 0 Å². The molecule has 2 atom stereocenters. The molecular weight excluding hydrogens is 327 g/mol. The lowest BCUT2D eigenvalue weighted by Gasteiger charge is -2.03. The van der Waals surface area contributed by atoms with Gasteiger partial charge in [0.05, 0.1) is 5.92 Å². The molecule has 0 aromatic heterocycles. The van der Waals surface area contributed by atoms with Gasteiger partial charge in [0.15, 0.2) is 0 Å². The summed E-state index contributed by atoms with van der Waals surface area (Å²) in [6.07, 6.45) is -5.19. The van der Waals surface area contributed by atoms with Crippen LogP contribution in [0.2, 0.25) is 0 Å². The monoisotopic (exact) mass is 345 g/mol. The lowest BCUT2D eigenvalue weighted by Crippen LogP contribution is -2.82. The molecule has 1 fully saturated rings. The van der Waals surface area contributed by atoms with E-state index in [2.05, 4.69) is 31.0 Å². The first kappa shape index (κ1) is 19.5. The van der Waals surface area contributed by atoms with E-state index in [-0.39, 0.29) is 29.1 Å². The van der Waals surface area contributed by atoms with Crippen molar-refractivity contribution >= 4 is 17.8 Å². The highest BCUT2D eigenvalue weighted by Crippen LogP contribution is 2.63. The van der Waals surface area contributed by atoms with Crippen molar-refractivity contribution in [3.8, 4) is 0 Å². The normalized spacial score (nSPS) is 21.0. The summed E-state index contributed by atoms with van der Waals surface area (Å²) in [5.74, 6) is -2.96. The number of rotatable bonds is 2. The quantitative estimate of drug-likeness (QED) is 0.450. The molecule has 1 aromatic rings. The summed E-state index contributed by atoms with van der Waals surface area (Å²) >= 11 is 0. The van der Waals surface area contributed by atoms with Crippen LogP contribution in [0.5, 0.6) is 0 Å². The van der Waals surface area contributed by atoms with Crippen LogP contribution in [0, 0.1) is 11.3 Å². The Balaban J connectivity index is 0.000000351. The molecule has 0 spiro atoms. The van der Waals surface area contributed by atoms with Crippen LogP contribution < -0.4 is 21.6 Å². The number of guanidine groups is 1. The lowest BCUT2D eigenvalue weighted by molar-refractivity contribution is -0.382. The van der Waals surface area contributed by atoms with Crippen LogP contribution in [0.1, 0.15) is 25.3 Å². The first-order valence-corrected chi connectivity index (χ1v) is 6.91. The van der Waals surface area contributed by atoms with E-state index in [0.717, 1.165) is 0 Å². The van der Waals surface area contributed by atoms with Gasteiger partial charge < -0.3 is 9.90 Å². The third kappa shape index (κ3) is 4.71. The number of hydrogen-bond donors (Lipinski definition) is 3. The van der Waals surface area contributed by atoms with Crippen LogP contribution in [0.4, 0.5) is 13.2 Å². The predicted octanol–water partition coefficient (Wildman–Crippen LogP) is -1.39. The lowest BCUT2D eigenvalue weighted by atomic mass is 10.0. The van der Waals surface area contributed by atoms with Crippen molar-refractivity contribution in [1.29, 1.82) is 0 Å². The average Bonchev–Trinajstić information content (AvgIpc) is 3.01. The molecule has 0 unspecified atom stereocenters. The second-order valence-corrected chi connectivity index (χ2v) is 5.92. The topological polar surface area (TPSA) is 123 Å². The van der Waals surface area contributed by atoms with Crippen LogP contribution in [-0.2, 0) is 9.59 Å². The van der Waals surface area contributed by atoms with Crippen LogP contribution >= 0.6 is 0 Å². The predicted molar refractivity (Wildman–Crippen MR) is 76.9 cm³/mol. The van der Waals surface area contributed by atoms with Gasteiger partial charge in [0, 0.05) is 5.92 Å². The largest absolute Gasteiger partial charge is 0.542 e. The molecule has 0 saturated heterocycles. The number of carboxylic acids is 1. The summed E-state index contributed by atoms with van der Waals surface area (Å²) in [5, 5.41) is 8.78. The van der Waals surface area contributed by atoms with Crippen molar-refractivity contribution in [2.24, 2.45) is 22.8 Å². The van der Waals surface area contributed by atoms with Crippen molar-refractivity contribution in [2.75, 3.05) is 0 Å². The molecule has 24 heavy (non-hydrogen) atoms. The van der Waals surface area contributed by atoms with Crippen LogP contribution in [0.25, 0.3) is 0 Å². The van der Waals surface area contributed by atoms with E-state index in [1.54, 1.807) is 0 Å². The fourth-order valence-electron chi connectivity index (χ4n) is 2.63. The highest BCUT2D eigenvalue weighted by atomic mass is 19.4. The molecule has 2 rings (SSSR count). The SMILES string of the molecule is CC1(C)[C@H](C(=O)[NH+]=C(N)N)[C@H]1c1ccccc1.O=C([O-])C(F)(F)F. The van der Waals surface area contributed by atoms with E-state index in [9.17, 15) is 18.0 Å². The number of alkyl halides is 3. The molecule has 0 heterocycles. The maximum atomic E-state index is 11.9. The third-order valence-electron chi connectivity index (χ3n) is 3.77. The average molecular weight is 345 g/mol. The van der Waals surface area contributed by atoms with Crippen molar-refractivity contribution < 1.29 is 32.9 Å². The first-order chi connectivity index (χ1) is 10.9. The summed E-state index contributed by atoms with van der Waals surface area (Å²) in [6.45, 7) is 4.17. The Morgan fingerprint density at radius 2 is 1.62 bits per heavy atom. The fraction of sp³-hybridized carbons (Fsp3) is 0.400. The maximum absolute atomic E-state index is 11.9. The van der Waals surface area contributed by atoms with Gasteiger partial charge in [-0.2, -0.15) is 13.2 Å². The van der Waals surface area contributed by atoms with Crippen molar-refractivity contribution in [3.05, 3.63) is 35.9 Å². The zero-order valence-electron chi connectivity index (χ0n) is 13.1. The van der Waals surface area contributed by atoms with Crippen LogP contribution in [0.3, 0.4) is 0 Å². The van der Waals surface area contributed by atoms with Gasteiger partial charge in [-0.1, -0.05) is 44.2 Å². The molecule has 0 aliphatic heterocycles. The second-order valence-electron chi connectivity index (χ2n) is 5.92. The van der Waals surface area contributed by atoms with Gasteiger partial charge in [0.1, 0.15) is 5.97 Å². The molecule has 5 N–H and O–H groups in total. The number of benzene rings is 1. The first-order valence-electron chi connectivity index (χ1n) is 6.91. The Labute approximate surface area is 136 Å². The van der Waals surface area contributed by atoms with Gasteiger partial charge in [-0.25, -0.2) is 4.99 Å². The summed E-state index contributed by atoms with van der Waals surface area (Å²) in [4.78, 5) is 23.2. The molecule has 1 saturated carbocycles. The third-order valence-corrected chi connectivity index (χ3v) is 3.77. The molecule has 0 bridgehead atoms. The van der Waals surface area contributed by atoms with Gasteiger partial charge >= 0.3 is 12.1 Å². The van der Waals surface area contributed by atoms with Crippen LogP contribution in [-0.4, -0.2) is 24.0 Å². The second kappa shape index (κ2) is 6.90. The molecule has 0 radical (unpaired) electrons. The number of aliphatic carboxylic acids is 1. The minimum Gasteiger partial charge on any atom is -0.542 e. The van der Waals surface area contributed by atoms with E-state index in [4.69, 9.17) is 21.4 Å². The van der Waals surface area contributed by atoms with Gasteiger partial charge in [0.2, 0.25) is 0 Å². The van der Waals surface area contributed by atoms with E-state index in [0.29, 0.717) is 0 Å². The fourth-order valence-corrected chi connectivity index (χ4v) is 2.63. The Morgan fingerprint density at radius 1 is 1.17 bits per heavy atom. The summed E-state index contributed by atoms with van der Waals surface area (Å²) in [5.41, 5.74) is 11.7. The summed E-state index contributed by atoms with van der Waals surface area (Å²) in [6, 6.07) is 10.0. The molecule has 6 nitrogen and oxygen atoms in total. The van der Waals surface area contributed by atoms with E-state index < -0.39 is 12.1 Å². The van der Waals surface area contributed by atoms with Gasteiger partial charge in [-0.05, 0) is 11.0 Å². The smallest absolute Gasteiger partial charge is 0.430 e. The molecule has 9 heteroatoms. The number of hydrogen-bond acceptors (Lipinski definition) is 3. The standard InChI is InChI=1S/C13H17N3O.C2HF3O2/c1-13(2)9(8-6-4-3-5-7-8)10(13)11(17)16-12(14)15;3-2(4,5)1(6)7/h3-7,9-10H,1-2H3,(H4,14,15,16,17);(H,6,7)/t9-,10+;/m1./s1. The molecule has 132 valence electrons. The highest BCUT2D eigenvalue weighted by molar-refractivity contribution is 5.82. The van der Waals surface area contributed by atoms with Crippen molar-refractivity contribution in [2.45, 2.75) is 25.9 Å². The number of amides is 1. The Bertz CT molecular complexity index is 638. The number of nitrogens with one attached hydrogen (secondary N) is 1. The summed E-state index contributed by atoms with van der Waals surface area (Å²) < 4.78 is 31.5. The number of halogens is 3. The minimum absolute atomic E-state index is 0.0375. The number of carbonyl (C=O) groups excluding carboxylic acids is 2. The van der Waals surface area contributed by atoms with E-state index >= 15 is 0 Å². The van der Waals surface area contributed by atoms with E-state index in [1.807, 2.05) is 18.2 Å². The zero-order valence-corrected chi connectivity index (χ0v) is 13.1. The molecule has 1 aliphatic carbocycles. The molecule has 1 amide bonds. The van der Waals surface area contributed by atoms with Gasteiger partial charge in [0.25, 0.3) is 5.91 Å².